The van der Waals surface area contributed by atoms with Crippen LogP contribution in [0.1, 0.15) is 44.1 Å². The van der Waals surface area contributed by atoms with Gasteiger partial charge in [0.05, 0.1) is 21.0 Å². The summed E-state index contributed by atoms with van der Waals surface area (Å²) in [6, 6.07) is 0. The fraction of sp³-hybridized carbons (Fsp3) is 0.632. The van der Waals surface area contributed by atoms with Crippen LogP contribution in [0.3, 0.4) is 0 Å². The van der Waals surface area contributed by atoms with Gasteiger partial charge >= 0.3 is 11.4 Å². The smallest absolute Gasteiger partial charge is 0.280 e. The Morgan fingerprint density at radius 2 is 1.14 bits per heavy atom. The van der Waals surface area contributed by atoms with Crippen molar-refractivity contribution in [1.82, 2.24) is 0 Å². The van der Waals surface area contributed by atoms with E-state index < -0.39 is 112 Å². The second-order valence-corrected chi connectivity index (χ2v) is 14.0. The zero-order valence-corrected chi connectivity index (χ0v) is 19.1. The molecule has 4 fully saturated rings. The Morgan fingerprint density at radius 1 is 0.722 bits per heavy atom. The van der Waals surface area contributed by atoms with E-state index >= 15 is 4.39 Å². The molecule has 4 bridgehead atoms. The Morgan fingerprint density at radius 3 is 1.53 bits per heavy atom. The molecule has 0 saturated heterocycles. The van der Waals surface area contributed by atoms with Gasteiger partial charge in [-0.15, -0.1) is 0 Å². The third kappa shape index (κ3) is 3.46. The summed E-state index contributed by atoms with van der Waals surface area (Å²) >= 11 is 0. The van der Waals surface area contributed by atoms with Crippen LogP contribution in [0.15, 0.2) is 0 Å². The first-order valence-corrected chi connectivity index (χ1v) is 13.1. The summed E-state index contributed by atoms with van der Waals surface area (Å²) in [5, 5.41) is -7.04. The molecule has 0 N–H and O–H groups in total. The molecule has 2 atom stereocenters. The molecule has 0 aliphatic heterocycles. The van der Waals surface area contributed by atoms with Gasteiger partial charge < -0.3 is 0 Å². The number of halogens is 11. The van der Waals surface area contributed by atoms with Gasteiger partial charge in [-0.05, 0) is 43.9 Å². The SMILES string of the molecule is O=S(=O)([C-](c1c(F)c(F)c(F)c(F)c1F)S(=O)(=O)C(F)(F)C(F)(F)F)C12CC3CC(CC(F)(C3)C1)C2. The fourth-order valence-corrected chi connectivity index (χ4v) is 11.2. The maximum absolute atomic E-state index is 15.3. The van der Waals surface area contributed by atoms with Crippen LogP contribution in [0.5, 0.6) is 0 Å². The van der Waals surface area contributed by atoms with Crippen molar-refractivity contribution in [1.29, 1.82) is 0 Å². The topological polar surface area (TPSA) is 68.3 Å². The van der Waals surface area contributed by atoms with Crippen LogP contribution in [-0.2, 0) is 19.7 Å². The minimum Gasteiger partial charge on any atom is -0.280 e. The van der Waals surface area contributed by atoms with Crippen LogP contribution < -0.4 is 0 Å². The molecule has 4 nitrogen and oxygen atoms in total. The van der Waals surface area contributed by atoms with Crippen LogP contribution in [0.25, 0.3) is 0 Å². The van der Waals surface area contributed by atoms with Crippen molar-refractivity contribution < 1.29 is 65.1 Å². The molecule has 0 heterocycles. The van der Waals surface area contributed by atoms with E-state index in [0.717, 1.165) is 0 Å². The van der Waals surface area contributed by atoms with E-state index in [4.69, 9.17) is 0 Å². The van der Waals surface area contributed by atoms with Gasteiger partial charge in [0, 0.05) is 6.42 Å². The predicted molar refractivity (Wildman–Crippen MR) is 98.7 cm³/mol. The lowest BCUT2D eigenvalue weighted by Crippen LogP contribution is -2.62. The minimum absolute atomic E-state index is 0.201. The molecule has 17 heteroatoms. The molecule has 1 aromatic carbocycles. The van der Waals surface area contributed by atoms with Gasteiger partial charge in [-0.25, -0.2) is 34.4 Å². The van der Waals surface area contributed by atoms with Crippen molar-refractivity contribution in [3.63, 3.8) is 0 Å². The second kappa shape index (κ2) is 7.63. The molecule has 1 aromatic rings. The Bertz CT molecular complexity index is 1290. The number of hydrogen-bond acceptors (Lipinski definition) is 4. The van der Waals surface area contributed by atoms with Crippen molar-refractivity contribution in [3.05, 3.63) is 39.2 Å². The van der Waals surface area contributed by atoms with Gasteiger partial charge in [0.15, 0.2) is 5.82 Å². The van der Waals surface area contributed by atoms with Gasteiger partial charge in [-0.3, -0.25) is 8.78 Å². The Hall–Kier alpha value is -1.78. The Kier molecular flexibility index (Phi) is 5.78. The molecule has 0 spiro atoms. The number of hydrogen-bond donors (Lipinski definition) is 0. The second-order valence-electron chi connectivity index (χ2n) is 9.55. The lowest BCUT2D eigenvalue weighted by atomic mass is 9.54. The van der Waals surface area contributed by atoms with Crippen molar-refractivity contribution >= 4 is 19.7 Å². The predicted octanol–water partition coefficient (Wildman–Crippen LogP) is 5.27. The molecule has 5 rings (SSSR count). The quantitative estimate of drug-likeness (QED) is 0.207. The van der Waals surface area contributed by atoms with Crippen LogP contribution in [0.2, 0.25) is 0 Å². The molecule has 36 heavy (non-hydrogen) atoms. The van der Waals surface area contributed by atoms with Crippen LogP contribution in [0.4, 0.5) is 48.3 Å². The van der Waals surface area contributed by atoms with E-state index in [9.17, 15) is 60.7 Å². The largest absolute Gasteiger partial charge is 0.468 e. The minimum atomic E-state index is -7.76. The first kappa shape index (κ1) is 27.3. The molecule has 0 radical (unpaired) electrons. The van der Waals surface area contributed by atoms with Crippen molar-refractivity contribution in [2.24, 2.45) is 11.8 Å². The van der Waals surface area contributed by atoms with Gasteiger partial charge in [0.25, 0.3) is 0 Å². The lowest BCUT2D eigenvalue weighted by molar-refractivity contribution is -0.241. The van der Waals surface area contributed by atoms with Gasteiger partial charge in [0.2, 0.25) is 9.84 Å². The van der Waals surface area contributed by atoms with Crippen molar-refractivity contribution in [2.75, 3.05) is 0 Å². The van der Waals surface area contributed by atoms with Crippen LogP contribution in [0, 0.1) is 45.5 Å². The maximum Gasteiger partial charge on any atom is 0.468 e. The molecule has 4 saturated carbocycles. The number of alkyl halides is 6. The van der Waals surface area contributed by atoms with Gasteiger partial charge in [-0.2, -0.15) is 22.0 Å². The third-order valence-electron chi connectivity index (χ3n) is 7.08. The number of benzene rings is 1. The highest BCUT2D eigenvalue weighted by Gasteiger charge is 2.72. The number of rotatable bonds is 5. The Balaban J connectivity index is 2.07. The first-order valence-electron chi connectivity index (χ1n) is 10.1. The Labute approximate surface area is 196 Å². The summed E-state index contributed by atoms with van der Waals surface area (Å²) in [6.45, 7) is 0. The highest BCUT2D eigenvalue weighted by molar-refractivity contribution is 8.14. The molecule has 4 aliphatic carbocycles. The summed E-state index contributed by atoms with van der Waals surface area (Å²) in [5.74, 6) is -17.1. The van der Waals surface area contributed by atoms with Crippen molar-refractivity contribution in [3.8, 4) is 0 Å². The highest BCUT2D eigenvalue weighted by Crippen LogP contribution is 2.64. The van der Waals surface area contributed by atoms with Gasteiger partial charge in [-0.1, -0.05) is 5.56 Å². The molecule has 4 aliphatic rings. The number of sulfone groups is 2. The van der Waals surface area contributed by atoms with E-state index in [1.807, 2.05) is 0 Å². The van der Waals surface area contributed by atoms with E-state index in [1.165, 1.54) is 0 Å². The molecular formula is C19H14F11O4S2-. The van der Waals surface area contributed by atoms with Gasteiger partial charge in [0.1, 0.15) is 27.1 Å². The van der Waals surface area contributed by atoms with E-state index in [1.54, 1.807) is 0 Å². The molecule has 204 valence electrons. The standard InChI is InChI=1S/C19H14F11O4S2/c20-10-9(11(21)13(23)14(24)12(10)22)15(36(33,34)19(29,30)18(26,27)28)35(31,32)17-4-7-1-8(5-17)3-16(25,2-7)6-17/h7-8H,1-6H2/q-1. The highest BCUT2D eigenvalue weighted by atomic mass is 32.3. The molecular weight excluding hydrogens is 565 g/mol. The zero-order valence-electron chi connectivity index (χ0n) is 17.5. The summed E-state index contributed by atoms with van der Waals surface area (Å²) in [7, 11) is -14.1. The van der Waals surface area contributed by atoms with Crippen LogP contribution >= 0.6 is 0 Å². The van der Waals surface area contributed by atoms with E-state index in [0.29, 0.717) is 0 Å². The molecule has 0 aromatic heterocycles. The maximum atomic E-state index is 15.3. The van der Waals surface area contributed by atoms with Crippen molar-refractivity contribution in [2.45, 2.75) is 60.4 Å². The first-order chi connectivity index (χ1) is 16.1. The fourth-order valence-electron chi connectivity index (χ4n) is 6.05. The summed E-state index contributed by atoms with van der Waals surface area (Å²) in [5.41, 5.74) is -5.31. The third-order valence-corrected chi connectivity index (χ3v) is 12.3. The summed E-state index contributed by atoms with van der Waals surface area (Å²) in [6.07, 6.45) is -9.84. The summed E-state index contributed by atoms with van der Waals surface area (Å²) in [4.78, 5) is 0. The average Bonchev–Trinajstić information content (AvgIpc) is 2.70. The summed E-state index contributed by atoms with van der Waals surface area (Å²) < 4.78 is 200. The molecule has 2 unspecified atom stereocenters. The lowest BCUT2D eigenvalue weighted by Gasteiger charge is -2.59. The van der Waals surface area contributed by atoms with Crippen LogP contribution in [-0.4, -0.2) is 38.7 Å². The van der Waals surface area contributed by atoms with E-state index in [2.05, 4.69) is 0 Å². The average molecular weight is 579 g/mol. The zero-order chi connectivity index (χ0) is 27.4. The normalized spacial score (nSPS) is 30.6. The molecule has 0 amide bonds. The van der Waals surface area contributed by atoms with E-state index in [-0.39, 0.29) is 19.3 Å². The monoisotopic (exact) mass is 579 g/mol.